The largest absolute Gasteiger partial charge is 0.410 e. The summed E-state index contributed by atoms with van der Waals surface area (Å²) in [5.74, 6) is -4.20. The molecule has 1 aliphatic carbocycles. The molecule has 3 aliphatic rings. The average Bonchev–Trinajstić information content (AvgIpc) is 3.14. The summed E-state index contributed by atoms with van der Waals surface area (Å²) in [5, 5.41) is 13.3. The van der Waals surface area contributed by atoms with E-state index in [0.717, 1.165) is 25.3 Å². The molecule has 1 aromatic rings. The third-order valence-electron chi connectivity index (χ3n) is 5.90. The van der Waals surface area contributed by atoms with Gasteiger partial charge in [0.2, 0.25) is 0 Å². The van der Waals surface area contributed by atoms with Crippen LogP contribution in [0.4, 0.5) is 9.18 Å². The molecular formula is C21H26ClFN2O6. The number of carbonyl (C=O) groups excluding carboxylic acids is 2. The van der Waals surface area contributed by atoms with Crippen molar-refractivity contribution in [3.63, 3.8) is 0 Å². The number of halogens is 2. The number of nitrogens with zero attached hydrogens (tertiary/aromatic N) is 1. The number of fused-ring (bicyclic) bond motifs is 1. The van der Waals surface area contributed by atoms with Crippen LogP contribution in [0.15, 0.2) is 18.2 Å². The number of amides is 2. The van der Waals surface area contributed by atoms with E-state index >= 15 is 0 Å². The Kier molecular flexibility index (Phi) is 5.89. The number of alkyl carbamates (subject to hydrolysis) is 1. The molecule has 3 fully saturated rings. The minimum atomic E-state index is -2.26. The zero-order chi connectivity index (χ0) is 22.4. The molecule has 0 spiro atoms. The molecule has 2 saturated heterocycles. The lowest BCUT2D eigenvalue weighted by Gasteiger charge is -2.37. The Bertz CT molecular complexity index is 863. The maximum atomic E-state index is 13.4. The van der Waals surface area contributed by atoms with Gasteiger partial charge in [-0.25, -0.2) is 9.18 Å². The third kappa shape index (κ3) is 4.64. The van der Waals surface area contributed by atoms with Crippen LogP contribution in [-0.2, 0) is 25.5 Å². The second kappa shape index (κ2) is 8.20. The zero-order valence-electron chi connectivity index (χ0n) is 17.4. The van der Waals surface area contributed by atoms with Crippen molar-refractivity contribution in [2.45, 2.75) is 75.9 Å². The predicted molar refractivity (Wildman–Crippen MR) is 107 cm³/mol. The van der Waals surface area contributed by atoms with Crippen LogP contribution in [0.5, 0.6) is 0 Å². The fourth-order valence-corrected chi connectivity index (χ4v) is 4.88. The standard InChI is InChI=1S/C21H26ClFN2O6/c1-20(2)29-16-5-3-4-15(17(16)30-20)25-7-6-21(28,18(25)26)31-19(27)24-11-12-8-13(22)10-14(23)9-12/h8-10,15-17,28H,3-7,11H2,1-2H3,(H,24,27)/t15-,16-,17+,21?/m0/s1. The van der Waals surface area contributed by atoms with Gasteiger partial charge in [0.25, 0.3) is 11.7 Å². The molecule has 0 bridgehead atoms. The van der Waals surface area contributed by atoms with E-state index in [1.165, 1.54) is 17.0 Å². The molecule has 1 saturated carbocycles. The maximum absolute atomic E-state index is 13.4. The molecule has 10 heteroatoms. The van der Waals surface area contributed by atoms with Crippen molar-refractivity contribution >= 4 is 23.6 Å². The quantitative estimate of drug-likeness (QED) is 0.676. The van der Waals surface area contributed by atoms with Gasteiger partial charge < -0.3 is 29.5 Å². The summed E-state index contributed by atoms with van der Waals surface area (Å²) in [6, 6.07) is 3.59. The Morgan fingerprint density at radius 1 is 1.35 bits per heavy atom. The van der Waals surface area contributed by atoms with Gasteiger partial charge in [-0.15, -0.1) is 0 Å². The van der Waals surface area contributed by atoms with E-state index in [1.54, 1.807) is 0 Å². The van der Waals surface area contributed by atoms with Gasteiger partial charge in [-0.2, -0.15) is 0 Å². The fraction of sp³-hybridized carbons (Fsp3) is 0.619. The number of nitrogens with one attached hydrogen (secondary N) is 1. The van der Waals surface area contributed by atoms with Crippen molar-refractivity contribution in [2.75, 3.05) is 6.54 Å². The smallest absolute Gasteiger partial charge is 0.407 e. The fourth-order valence-electron chi connectivity index (χ4n) is 4.63. The second-order valence-electron chi connectivity index (χ2n) is 8.69. The van der Waals surface area contributed by atoms with Crippen LogP contribution < -0.4 is 5.32 Å². The van der Waals surface area contributed by atoms with Gasteiger partial charge in [0.15, 0.2) is 5.79 Å². The lowest BCUT2D eigenvalue weighted by molar-refractivity contribution is -0.186. The number of hydrogen-bond donors (Lipinski definition) is 2. The van der Waals surface area contributed by atoms with E-state index in [0.29, 0.717) is 5.56 Å². The second-order valence-corrected chi connectivity index (χ2v) is 9.13. The van der Waals surface area contributed by atoms with E-state index in [1.807, 2.05) is 13.8 Å². The molecule has 1 aromatic carbocycles. The number of hydrogen-bond acceptors (Lipinski definition) is 6. The van der Waals surface area contributed by atoms with Gasteiger partial charge in [0.05, 0.1) is 12.1 Å². The summed E-state index contributed by atoms with van der Waals surface area (Å²) in [5.41, 5.74) is 0.419. The van der Waals surface area contributed by atoms with Crippen LogP contribution in [0.3, 0.4) is 0 Å². The van der Waals surface area contributed by atoms with Crippen LogP contribution in [0.25, 0.3) is 0 Å². The van der Waals surface area contributed by atoms with E-state index in [2.05, 4.69) is 5.32 Å². The molecule has 0 aromatic heterocycles. The summed E-state index contributed by atoms with van der Waals surface area (Å²) in [6.45, 7) is 3.84. The van der Waals surface area contributed by atoms with Crippen molar-refractivity contribution in [1.82, 2.24) is 10.2 Å². The highest BCUT2D eigenvalue weighted by atomic mass is 35.5. The normalized spacial score (nSPS) is 32.1. The third-order valence-corrected chi connectivity index (χ3v) is 6.12. The number of ether oxygens (including phenoxy) is 3. The molecule has 8 nitrogen and oxygen atoms in total. The van der Waals surface area contributed by atoms with Gasteiger partial charge in [0.1, 0.15) is 11.9 Å². The molecule has 4 rings (SSSR count). The Morgan fingerprint density at radius 3 is 2.87 bits per heavy atom. The van der Waals surface area contributed by atoms with Crippen LogP contribution in [0, 0.1) is 5.82 Å². The van der Waals surface area contributed by atoms with Crippen LogP contribution in [-0.4, -0.2) is 58.4 Å². The highest BCUT2D eigenvalue weighted by Gasteiger charge is 2.56. The van der Waals surface area contributed by atoms with Crippen LogP contribution in [0.1, 0.15) is 45.1 Å². The van der Waals surface area contributed by atoms with Crippen molar-refractivity contribution in [2.24, 2.45) is 0 Å². The molecule has 1 unspecified atom stereocenters. The van der Waals surface area contributed by atoms with Crippen LogP contribution in [0.2, 0.25) is 5.02 Å². The van der Waals surface area contributed by atoms with E-state index in [-0.39, 0.29) is 42.8 Å². The first-order chi connectivity index (χ1) is 14.6. The van der Waals surface area contributed by atoms with E-state index in [9.17, 15) is 19.1 Å². The summed E-state index contributed by atoms with van der Waals surface area (Å²) >= 11 is 5.80. The van der Waals surface area contributed by atoms with Crippen molar-refractivity contribution < 1.29 is 33.3 Å². The number of carbonyl (C=O) groups is 2. The highest BCUT2D eigenvalue weighted by molar-refractivity contribution is 6.30. The summed E-state index contributed by atoms with van der Waals surface area (Å²) < 4.78 is 30.5. The summed E-state index contributed by atoms with van der Waals surface area (Å²) in [6.07, 6.45) is 0.989. The Labute approximate surface area is 184 Å². The first-order valence-electron chi connectivity index (χ1n) is 10.4. The van der Waals surface area contributed by atoms with Gasteiger partial charge in [-0.3, -0.25) is 4.79 Å². The Hall–Kier alpha value is -1.94. The number of rotatable bonds is 4. The average molecular weight is 457 g/mol. The summed E-state index contributed by atoms with van der Waals surface area (Å²) in [4.78, 5) is 26.7. The van der Waals surface area contributed by atoms with Crippen LogP contribution >= 0.6 is 11.6 Å². The SMILES string of the molecule is CC1(C)O[C@H]2[C@H](CCC[C@@H]2N2CCC(O)(OC(=O)NCc3cc(F)cc(Cl)c3)C2=O)O1. The molecule has 4 atom stereocenters. The first kappa shape index (κ1) is 22.3. The molecule has 2 aliphatic heterocycles. The van der Waals surface area contributed by atoms with Gasteiger partial charge in [-0.05, 0) is 56.9 Å². The van der Waals surface area contributed by atoms with Gasteiger partial charge in [-0.1, -0.05) is 11.6 Å². The number of likely N-dealkylation sites (tertiary alicyclic amines) is 1. The zero-order valence-corrected chi connectivity index (χ0v) is 18.2. The van der Waals surface area contributed by atoms with Crippen molar-refractivity contribution in [1.29, 1.82) is 0 Å². The Balaban J connectivity index is 1.37. The van der Waals surface area contributed by atoms with Gasteiger partial charge >= 0.3 is 6.09 Å². The number of aliphatic hydroxyl groups is 1. The Morgan fingerprint density at radius 2 is 2.13 bits per heavy atom. The topological polar surface area (TPSA) is 97.3 Å². The molecule has 0 radical (unpaired) electrons. The van der Waals surface area contributed by atoms with Gasteiger partial charge in [0, 0.05) is 24.5 Å². The molecule has 31 heavy (non-hydrogen) atoms. The minimum Gasteiger partial charge on any atom is -0.407 e. The molecule has 2 N–H and O–H groups in total. The lowest BCUT2D eigenvalue weighted by atomic mass is 9.89. The molecule has 2 amide bonds. The maximum Gasteiger partial charge on any atom is 0.410 e. The monoisotopic (exact) mass is 456 g/mol. The van der Waals surface area contributed by atoms with Crippen molar-refractivity contribution in [3.8, 4) is 0 Å². The van der Waals surface area contributed by atoms with E-state index < -0.39 is 29.4 Å². The predicted octanol–water partition coefficient (Wildman–Crippen LogP) is 2.70. The summed E-state index contributed by atoms with van der Waals surface area (Å²) in [7, 11) is 0. The van der Waals surface area contributed by atoms with Crippen molar-refractivity contribution in [3.05, 3.63) is 34.6 Å². The van der Waals surface area contributed by atoms with E-state index in [4.69, 9.17) is 25.8 Å². The lowest BCUT2D eigenvalue weighted by Crippen LogP contribution is -2.54. The molecule has 170 valence electrons. The molecule has 2 heterocycles. The minimum absolute atomic E-state index is 0.0524. The molecular weight excluding hydrogens is 431 g/mol. The first-order valence-corrected chi connectivity index (χ1v) is 10.7. The number of benzene rings is 1. The highest BCUT2D eigenvalue weighted by Crippen LogP contribution is 2.40.